The van der Waals surface area contributed by atoms with E-state index in [0.29, 0.717) is 0 Å². The maximum Gasteiger partial charge on any atom is 0.259 e. The Balaban J connectivity index is 1.85. The molecule has 0 aliphatic carbocycles. The molecule has 0 saturated heterocycles. The molecule has 7 heteroatoms. The van der Waals surface area contributed by atoms with Gasteiger partial charge in [0.2, 0.25) is 0 Å². The van der Waals surface area contributed by atoms with Crippen molar-refractivity contribution in [2.45, 2.75) is 6.92 Å². The number of aryl methyl sites for hydroxylation is 1. The van der Waals surface area contributed by atoms with Crippen LogP contribution in [0.3, 0.4) is 0 Å². The first-order chi connectivity index (χ1) is 11.0. The number of rotatable bonds is 5. The fraction of sp³-hybridized carbons (Fsp3) is 0.125. The van der Waals surface area contributed by atoms with Crippen molar-refractivity contribution in [3.05, 3.63) is 54.7 Å². The van der Waals surface area contributed by atoms with Gasteiger partial charge < -0.3 is 10.4 Å². The normalized spacial score (nSPS) is 10.7. The minimum atomic E-state index is -0.231. The summed E-state index contributed by atoms with van der Waals surface area (Å²) in [6.45, 7) is 2.15. The molecule has 23 heavy (non-hydrogen) atoms. The van der Waals surface area contributed by atoms with E-state index in [1.807, 2.05) is 76.4 Å². The predicted octanol–water partition coefficient (Wildman–Crippen LogP) is 3.47. The van der Waals surface area contributed by atoms with Crippen molar-refractivity contribution in [2.75, 3.05) is 11.9 Å². The lowest BCUT2D eigenvalue weighted by atomic mass is 10.2. The van der Waals surface area contributed by atoms with Crippen LogP contribution in [0.2, 0.25) is 0 Å². The highest BCUT2D eigenvalue weighted by Gasteiger charge is 2.04. The van der Waals surface area contributed by atoms with E-state index in [1.54, 1.807) is 18.3 Å². The van der Waals surface area contributed by atoms with Crippen LogP contribution < -0.4 is 10.7 Å². The molecule has 0 atom stereocenters. The number of phenolic OH excluding ortho intramolecular Hbond substituents is 1. The van der Waals surface area contributed by atoms with Gasteiger partial charge >= 0.3 is 0 Å². The zero-order valence-corrected chi connectivity index (χ0v) is 16.6. The quantitative estimate of drug-likeness (QED) is 0.312. The summed E-state index contributed by atoms with van der Waals surface area (Å²) in [5.74, 6) is 0.0275. The van der Waals surface area contributed by atoms with Crippen LogP contribution in [-0.2, 0) is 4.79 Å². The summed E-state index contributed by atoms with van der Waals surface area (Å²) in [5.41, 5.74) is 5.33. The number of phenols is 1. The predicted molar refractivity (Wildman–Crippen MR) is 109 cm³/mol. The maximum atomic E-state index is 11.7. The number of carbonyl (C=O) groups excluding carboxylic acids is 1. The van der Waals surface area contributed by atoms with Crippen molar-refractivity contribution in [3.8, 4) is 5.75 Å². The van der Waals surface area contributed by atoms with Gasteiger partial charge in [0.15, 0.2) is 0 Å². The second-order valence-corrected chi connectivity index (χ2v) is 7.17. The van der Waals surface area contributed by atoms with Gasteiger partial charge in [0.1, 0.15) is 5.75 Å². The maximum absolute atomic E-state index is 11.7. The second kappa shape index (κ2) is 8.48. The number of hydrogen-bond acceptors (Lipinski definition) is 4. The summed E-state index contributed by atoms with van der Waals surface area (Å²) < 4.78 is 1.48. The van der Waals surface area contributed by atoms with Crippen LogP contribution >= 0.6 is 45.2 Å². The summed E-state index contributed by atoms with van der Waals surface area (Å²) in [5, 5.41) is 16.7. The Hall–Kier alpha value is -1.36. The molecule has 0 saturated carbocycles. The third-order valence-corrected chi connectivity index (χ3v) is 4.59. The van der Waals surface area contributed by atoms with Gasteiger partial charge in [-0.15, -0.1) is 0 Å². The molecule has 1 amide bonds. The second-order valence-electron chi connectivity index (χ2n) is 4.85. The number of hydrazone groups is 1. The molecule has 0 aliphatic rings. The first-order valence-electron chi connectivity index (χ1n) is 6.76. The summed E-state index contributed by atoms with van der Waals surface area (Å²) in [7, 11) is 0. The van der Waals surface area contributed by atoms with Gasteiger partial charge in [0.05, 0.1) is 19.9 Å². The van der Waals surface area contributed by atoms with Gasteiger partial charge in [-0.1, -0.05) is 17.7 Å². The van der Waals surface area contributed by atoms with E-state index < -0.39 is 0 Å². The number of hydrogen-bond donors (Lipinski definition) is 3. The third kappa shape index (κ3) is 5.65. The van der Waals surface area contributed by atoms with Gasteiger partial charge in [-0.25, -0.2) is 5.43 Å². The van der Waals surface area contributed by atoms with Crippen molar-refractivity contribution in [1.29, 1.82) is 0 Å². The monoisotopic (exact) mass is 535 g/mol. The fourth-order valence-corrected chi connectivity index (χ4v) is 3.55. The lowest BCUT2D eigenvalue weighted by Crippen LogP contribution is -2.25. The molecule has 0 bridgehead atoms. The van der Waals surface area contributed by atoms with E-state index in [1.165, 1.54) is 5.56 Å². The van der Waals surface area contributed by atoms with Crippen LogP contribution in [0.25, 0.3) is 0 Å². The lowest BCUT2D eigenvalue weighted by Gasteiger charge is -2.05. The summed E-state index contributed by atoms with van der Waals surface area (Å²) in [6.07, 6.45) is 1.55. The zero-order valence-electron chi connectivity index (χ0n) is 12.3. The molecule has 0 aromatic heterocycles. The van der Waals surface area contributed by atoms with Gasteiger partial charge in [-0.3, -0.25) is 4.79 Å². The van der Waals surface area contributed by atoms with Crippen LogP contribution in [-0.4, -0.2) is 23.8 Å². The first kappa shape index (κ1) is 18.0. The molecular weight excluding hydrogens is 520 g/mol. The highest BCUT2D eigenvalue weighted by Crippen LogP contribution is 2.26. The molecule has 0 spiro atoms. The fourth-order valence-electron chi connectivity index (χ4n) is 1.73. The molecule has 2 rings (SSSR count). The average molecular weight is 535 g/mol. The van der Waals surface area contributed by atoms with Gasteiger partial charge in [-0.2, -0.15) is 5.10 Å². The Morgan fingerprint density at radius 3 is 2.43 bits per heavy atom. The molecule has 0 heterocycles. The Morgan fingerprint density at radius 1 is 1.22 bits per heavy atom. The molecule has 3 N–H and O–H groups in total. The van der Waals surface area contributed by atoms with Crippen LogP contribution in [0.5, 0.6) is 5.75 Å². The third-order valence-electron chi connectivity index (χ3n) is 2.95. The molecule has 2 aromatic rings. The Morgan fingerprint density at radius 2 is 1.83 bits per heavy atom. The van der Waals surface area contributed by atoms with E-state index in [0.717, 1.165) is 18.4 Å². The van der Waals surface area contributed by atoms with E-state index in [2.05, 4.69) is 15.8 Å². The SMILES string of the molecule is Cc1ccc(NCC(=O)NN=Cc2cc(I)c(O)c(I)c2)cc1. The van der Waals surface area contributed by atoms with Crippen LogP contribution in [0.4, 0.5) is 5.69 Å². The molecular formula is C16H15I2N3O2. The lowest BCUT2D eigenvalue weighted by molar-refractivity contribution is -0.119. The van der Waals surface area contributed by atoms with Crippen LogP contribution in [0.1, 0.15) is 11.1 Å². The Kier molecular flexibility index (Phi) is 6.63. The molecule has 0 aliphatic heterocycles. The number of halogens is 2. The Bertz CT molecular complexity index is 708. The number of nitrogens with zero attached hydrogens (tertiary/aromatic N) is 1. The van der Waals surface area contributed by atoms with Gasteiger partial charge in [0, 0.05) is 5.69 Å². The smallest absolute Gasteiger partial charge is 0.259 e. The summed E-state index contributed by atoms with van der Waals surface area (Å²) in [6, 6.07) is 11.4. The molecule has 0 radical (unpaired) electrons. The molecule has 5 nitrogen and oxygen atoms in total. The highest BCUT2D eigenvalue weighted by atomic mass is 127. The number of anilines is 1. The van der Waals surface area contributed by atoms with Crippen molar-refractivity contribution in [2.24, 2.45) is 5.10 Å². The van der Waals surface area contributed by atoms with Crippen LogP contribution in [0.15, 0.2) is 41.5 Å². The number of aromatic hydroxyl groups is 1. The zero-order chi connectivity index (χ0) is 16.8. The van der Waals surface area contributed by atoms with Crippen LogP contribution in [0, 0.1) is 14.1 Å². The van der Waals surface area contributed by atoms with Crippen molar-refractivity contribution in [3.63, 3.8) is 0 Å². The van der Waals surface area contributed by atoms with E-state index in [4.69, 9.17) is 0 Å². The average Bonchev–Trinajstić information content (AvgIpc) is 2.52. The number of amides is 1. The highest BCUT2D eigenvalue weighted by molar-refractivity contribution is 14.1. The minimum absolute atomic E-state index is 0.144. The van der Waals surface area contributed by atoms with E-state index in [9.17, 15) is 9.90 Å². The molecule has 0 fully saturated rings. The Labute approximate surface area is 161 Å². The topological polar surface area (TPSA) is 73.7 Å². The van der Waals surface area contributed by atoms with Crippen molar-refractivity contribution < 1.29 is 9.90 Å². The van der Waals surface area contributed by atoms with E-state index in [-0.39, 0.29) is 18.2 Å². The number of benzene rings is 2. The molecule has 120 valence electrons. The summed E-state index contributed by atoms with van der Waals surface area (Å²) >= 11 is 4.10. The van der Waals surface area contributed by atoms with Gasteiger partial charge in [-0.05, 0) is 81.9 Å². The number of nitrogens with one attached hydrogen (secondary N) is 2. The summed E-state index contributed by atoms with van der Waals surface area (Å²) in [4.78, 5) is 11.7. The van der Waals surface area contributed by atoms with Gasteiger partial charge in [0.25, 0.3) is 5.91 Å². The molecule has 0 unspecified atom stereocenters. The van der Waals surface area contributed by atoms with Crippen molar-refractivity contribution in [1.82, 2.24) is 5.43 Å². The standard InChI is InChI=1S/C16H15I2N3O2/c1-10-2-4-12(5-3-10)19-9-15(22)21-20-8-11-6-13(17)16(23)14(18)7-11/h2-8,19,23H,9H2,1H3,(H,21,22). The molecule has 2 aromatic carbocycles. The first-order valence-corrected chi connectivity index (χ1v) is 8.92. The van der Waals surface area contributed by atoms with Crippen molar-refractivity contribution >= 4 is 63.0 Å². The largest absolute Gasteiger partial charge is 0.506 e. The van der Waals surface area contributed by atoms with E-state index >= 15 is 0 Å². The minimum Gasteiger partial charge on any atom is -0.506 e. The number of carbonyl (C=O) groups is 1.